The van der Waals surface area contributed by atoms with Gasteiger partial charge < -0.3 is 9.84 Å². The van der Waals surface area contributed by atoms with Gasteiger partial charge in [-0.25, -0.2) is 4.98 Å². The summed E-state index contributed by atoms with van der Waals surface area (Å²) in [5, 5.41) is 9.97. The SMILES string of the molecule is CCCN(CC(=O)O)Cc1ccc2cccc(OC)c2n1. The molecule has 0 aliphatic rings. The highest BCUT2D eigenvalue weighted by Gasteiger charge is 2.11. The lowest BCUT2D eigenvalue weighted by atomic mass is 10.2. The molecule has 5 heteroatoms. The molecule has 0 fully saturated rings. The van der Waals surface area contributed by atoms with Crippen molar-refractivity contribution in [1.82, 2.24) is 9.88 Å². The molecule has 0 atom stereocenters. The van der Waals surface area contributed by atoms with E-state index in [4.69, 9.17) is 9.84 Å². The number of carboxylic acid groups (broad SMARTS) is 1. The van der Waals surface area contributed by atoms with Crippen LogP contribution in [0.1, 0.15) is 19.0 Å². The van der Waals surface area contributed by atoms with Gasteiger partial charge in [-0.3, -0.25) is 9.69 Å². The van der Waals surface area contributed by atoms with Crippen molar-refractivity contribution < 1.29 is 14.6 Å². The zero-order valence-corrected chi connectivity index (χ0v) is 12.4. The van der Waals surface area contributed by atoms with E-state index in [1.54, 1.807) is 7.11 Å². The maximum atomic E-state index is 10.9. The Morgan fingerprint density at radius 1 is 1.33 bits per heavy atom. The summed E-state index contributed by atoms with van der Waals surface area (Å²) in [6.45, 7) is 3.32. The predicted molar refractivity (Wildman–Crippen MR) is 81.5 cm³/mol. The summed E-state index contributed by atoms with van der Waals surface area (Å²) in [5.41, 5.74) is 1.66. The number of nitrogens with zero attached hydrogens (tertiary/aromatic N) is 2. The fourth-order valence-corrected chi connectivity index (χ4v) is 2.36. The van der Waals surface area contributed by atoms with Gasteiger partial charge in [-0.05, 0) is 25.1 Å². The summed E-state index contributed by atoms with van der Waals surface area (Å²) in [4.78, 5) is 17.4. The number of rotatable bonds is 7. The fraction of sp³-hybridized carbons (Fsp3) is 0.375. The van der Waals surface area contributed by atoms with Crippen LogP contribution in [0.15, 0.2) is 30.3 Å². The number of carbonyl (C=O) groups is 1. The normalized spacial score (nSPS) is 11.0. The molecule has 0 bridgehead atoms. The number of para-hydroxylation sites is 1. The third-order valence-corrected chi connectivity index (χ3v) is 3.25. The summed E-state index contributed by atoms with van der Waals surface area (Å²) in [5.74, 6) is -0.0866. The van der Waals surface area contributed by atoms with Gasteiger partial charge in [-0.1, -0.05) is 25.1 Å². The molecular formula is C16H20N2O3. The number of ether oxygens (including phenoxy) is 1. The van der Waals surface area contributed by atoms with Crippen LogP contribution in [0.3, 0.4) is 0 Å². The topological polar surface area (TPSA) is 62.7 Å². The average Bonchev–Trinajstić information content (AvgIpc) is 2.46. The van der Waals surface area contributed by atoms with Crippen LogP contribution in [0.2, 0.25) is 0 Å². The Morgan fingerprint density at radius 3 is 2.81 bits per heavy atom. The lowest BCUT2D eigenvalue weighted by Gasteiger charge is -2.19. The number of aromatic nitrogens is 1. The Kier molecular flexibility index (Phi) is 5.11. The third-order valence-electron chi connectivity index (χ3n) is 3.25. The Labute approximate surface area is 124 Å². The molecule has 0 aliphatic heterocycles. The van der Waals surface area contributed by atoms with Crippen molar-refractivity contribution >= 4 is 16.9 Å². The van der Waals surface area contributed by atoms with Crippen molar-refractivity contribution in [2.45, 2.75) is 19.9 Å². The number of hydrogen-bond donors (Lipinski definition) is 1. The summed E-state index contributed by atoms with van der Waals surface area (Å²) in [7, 11) is 1.62. The molecule has 21 heavy (non-hydrogen) atoms. The minimum absolute atomic E-state index is 0.0273. The van der Waals surface area contributed by atoms with Crippen LogP contribution in [0.4, 0.5) is 0 Å². The fourth-order valence-electron chi connectivity index (χ4n) is 2.36. The van der Waals surface area contributed by atoms with Crippen LogP contribution < -0.4 is 4.74 Å². The molecule has 0 spiro atoms. The van der Waals surface area contributed by atoms with E-state index in [0.29, 0.717) is 6.54 Å². The minimum atomic E-state index is -0.818. The van der Waals surface area contributed by atoms with Gasteiger partial charge in [0.15, 0.2) is 0 Å². The molecule has 5 nitrogen and oxygen atoms in total. The molecule has 112 valence electrons. The van der Waals surface area contributed by atoms with Gasteiger partial charge in [-0.2, -0.15) is 0 Å². The first-order valence-corrected chi connectivity index (χ1v) is 7.00. The maximum absolute atomic E-state index is 10.9. The summed E-state index contributed by atoms with van der Waals surface area (Å²) in [6, 6.07) is 9.71. The van der Waals surface area contributed by atoms with Gasteiger partial charge >= 0.3 is 5.97 Å². The maximum Gasteiger partial charge on any atom is 0.317 e. The predicted octanol–water partition coefficient (Wildman–Crippen LogP) is 2.54. The van der Waals surface area contributed by atoms with Gasteiger partial charge in [-0.15, -0.1) is 0 Å². The van der Waals surface area contributed by atoms with Gasteiger partial charge in [0, 0.05) is 11.9 Å². The van der Waals surface area contributed by atoms with Crippen molar-refractivity contribution in [2.24, 2.45) is 0 Å². The molecule has 1 N–H and O–H groups in total. The molecule has 1 heterocycles. The smallest absolute Gasteiger partial charge is 0.317 e. The summed E-state index contributed by atoms with van der Waals surface area (Å²) >= 11 is 0. The highest BCUT2D eigenvalue weighted by atomic mass is 16.5. The van der Waals surface area contributed by atoms with E-state index in [9.17, 15) is 4.79 Å². The molecule has 2 rings (SSSR count). The van der Waals surface area contributed by atoms with Crippen molar-refractivity contribution in [3.8, 4) is 5.75 Å². The Morgan fingerprint density at radius 2 is 2.14 bits per heavy atom. The first kappa shape index (κ1) is 15.3. The number of aliphatic carboxylic acids is 1. The first-order valence-electron chi connectivity index (χ1n) is 7.00. The Bertz CT molecular complexity index is 628. The monoisotopic (exact) mass is 288 g/mol. The first-order chi connectivity index (χ1) is 10.1. The van der Waals surface area contributed by atoms with E-state index < -0.39 is 5.97 Å². The second kappa shape index (κ2) is 7.04. The van der Waals surface area contributed by atoms with E-state index in [1.807, 2.05) is 42.2 Å². The average molecular weight is 288 g/mol. The Hall–Kier alpha value is -2.14. The lowest BCUT2D eigenvalue weighted by molar-refractivity contribution is -0.138. The lowest BCUT2D eigenvalue weighted by Crippen LogP contribution is -2.30. The molecule has 1 aromatic heterocycles. The van der Waals surface area contributed by atoms with E-state index in [1.165, 1.54) is 0 Å². The van der Waals surface area contributed by atoms with E-state index in [-0.39, 0.29) is 6.54 Å². The minimum Gasteiger partial charge on any atom is -0.494 e. The zero-order chi connectivity index (χ0) is 15.2. The molecule has 0 radical (unpaired) electrons. The molecule has 0 unspecified atom stereocenters. The third kappa shape index (κ3) is 3.92. The van der Waals surface area contributed by atoms with Crippen LogP contribution >= 0.6 is 0 Å². The van der Waals surface area contributed by atoms with Crippen LogP contribution in [-0.2, 0) is 11.3 Å². The van der Waals surface area contributed by atoms with Crippen molar-refractivity contribution in [1.29, 1.82) is 0 Å². The largest absolute Gasteiger partial charge is 0.494 e. The number of carboxylic acids is 1. The van der Waals surface area contributed by atoms with Gasteiger partial charge in [0.1, 0.15) is 11.3 Å². The second-order valence-electron chi connectivity index (χ2n) is 4.94. The molecular weight excluding hydrogens is 268 g/mol. The number of fused-ring (bicyclic) bond motifs is 1. The molecule has 0 aliphatic carbocycles. The quantitative estimate of drug-likeness (QED) is 0.848. The molecule has 0 saturated carbocycles. The van der Waals surface area contributed by atoms with Gasteiger partial charge in [0.25, 0.3) is 0 Å². The molecule has 0 saturated heterocycles. The second-order valence-corrected chi connectivity index (χ2v) is 4.94. The standard InChI is InChI=1S/C16H20N2O3/c1-3-9-18(11-15(19)20)10-13-8-7-12-5-4-6-14(21-2)16(12)17-13/h4-8H,3,9-11H2,1-2H3,(H,19,20). The van der Waals surface area contributed by atoms with Crippen molar-refractivity contribution in [2.75, 3.05) is 20.2 Å². The number of pyridine rings is 1. The molecule has 0 amide bonds. The number of methoxy groups -OCH3 is 1. The van der Waals surface area contributed by atoms with E-state index in [0.717, 1.165) is 35.3 Å². The van der Waals surface area contributed by atoms with Crippen molar-refractivity contribution in [3.05, 3.63) is 36.0 Å². The van der Waals surface area contributed by atoms with Crippen LogP contribution in [0.25, 0.3) is 10.9 Å². The molecule has 2 aromatic rings. The van der Waals surface area contributed by atoms with Crippen LogP contribution in [0.5, 0.6) is 5.75 Å². The zero-order valence-electron chi connectivity index (χ0n) is 12.4. The highest BCUT2D eigenvalue weighted by Crippen LogP contribution is 2.23. The van der Waals surface area contributed by atoms with E-state index >= 15 is 0 Å². The van der Waals surface area contributed by atoms with Gasteiger partial charge in [0.2, 0.25) is 0 Å². The van der Waals surface area contributed by atoms with Crippen LogP contribution in [-0.4, -0.2) is 41.2 Å². The van der Waals surface area contributed by atoms with E-state index in [2.05, 4.69) is 4.98 Å². The number of benzene rings is 1. The number of hydrogen-bond acceptors (Lipinski definition) is 4. The van der Waals surface area contributed by atoms with Gasteiger partial charge in [0.05, 0.1) is 19.3 Å². The highest BCUT2D eigenvalue weighted by molar-refractivity contribution is 5.84. The van der Waals surface area contributed by atoms with Crippen LogP contribution in [0, 0.1) is 0 Å². The summed E-state index contributed by atoms with van der Waals surface area (Å²) < 4.78 is 5.33. The molecule has 1 aromatic carbocycles. The van der Waals surface area contributed by atoms with Crippen molar-refractivity contribution in [3.63, 3.8) is 0 Å². The Balaban J connectivity index is 2.26. The summed E-state index contributed by atoms with van der Waals surface area (Å²) in [6.07, 6.45) is 0.907.